The number of hydrogen-bond donors (Lipinski definition) is 1. The van der Waals surface area contributed by atoms with Gasteiger partial charge in [-0.05, 0) is 42.5 Å². The van der Waals surface area contributed by atoms with E-state index < -0.39 is 15.9 Å². The molecule has 180 valence electrons. The summed E-state index contributed by atoms with van der Waals surface area (Å²) in [5, 5.41) is 2.78. The molecule has 8 nitrogen and oxygen atoms in total. The van der Waals surface area contributed by atoms with E-state index in [0.29, 0.717) is 36.1 Å². The average molecular weight is 485 g/mol. The third-order valence-corrected chi connectivity index (χ3v) is 7.21. The van der Waals surface area contributed by atoms with Gasteiger partial charge in [0.2, 0.25) is 10.0 Å². The Kier molecular flexibility index (Phi) is 8.14. The predicted octanol–water partition coefficient (Wildman–Crippen LogP) is 4.78. The molecule has 0 saturated carbocycles. The van der Waals surface area contributed by atoms with E-state index in [1.165, 1.54) is 36.7 Å². The molecule has 0 aliphatic heterocycles. The molecule has 0 atom stereocenters. The summed E-state index contributed by atoms with van der Waals surface area (Å²) in [4.78, 5) is 13.2. The molecule has 1 amide bonds. The van der Waals surface area contributed by atoms with Gasteiger partial charge >= 0.3 is 0 Å². The zero-order valence-electron chi connectivity index (χ0n) is 19.6. The lowest BCUT2D eigenvalue weighted by Gasteiger charge is -2.20. The topological polar surface area (TPSA) is 94.2 Å². The molecular weight excluding hydrogens is 456 g/mol. The van der Waals surface area contributed by atoms with Crippen LogP contribution in [0.3, 0.4) is 0 Å². The summed E-state index contributed by atoms with van der Waals surface area (Å²) in [7, 11) is -0.782. The smallest absolute Gasteiger partial charge is 0.259 e. The largest absolute Gasteiger partial charge is 0.497 e. The third kappa shape index (κ3) is 5.49. The van der Waals surface area contributed by atoms with E-state index in [9.17, 15) is 13.2 Å². The maximum atomic E-state index is 13.2. The fourth-order valence-electron chi connectivity index (χ4n) is 3.36. The molecule has 0 spiro atoms. The van der Waals surface area contributed by atoms with Crippen molar-refractivity contribution < 1.29 is 27.4 Å². The number of carbonyl (C=O) groups is 1. The second kappa shape index (κ2) is 11.0. The summed E-state index contributed by atoms with van der Waals surface area (Å²) >= 11 is 0. The van der Waals surface area contributed by atoms with Crippen LogP contribution in [0.5, 0.6) is 23.0 Å². The number of nitrogens with zero attached hydrogens (tertiary/aromatic N) is 1. The number of nitrogens with one attached hydrogen (secondary N) is 1. The lowest BCUT2D eigenvalue weighted by atomic mass is 10.1. The van der Waals surface area contributed by atoms with Crippen molar-refractivity contribution in [3.63, 3.8) is 0 Å². The predicted molar refractivity (Wildman–Crippen MR) is 131 cm³/mol. The lowest BCUT2D eigenvalue weighted by Crippen LogP contribution is -2.30. The minimum atomic E-state index is -3.75. The molecule has 3 rings (SSSR count). The van der Waals surface area contributed by atoms with Crippen molar-refractivity contribution in [2.45, 2.75) is 18.7 Å². The average Bonchev–Trinajstić information content (AvgIpc) is 2.85. The van der Waals surface area contributed by atoms with Crippen LogP contribution in [0.4, 0.5) is 5.69 Å². The normalized spacial score (nSPS) is 11.2. The number of sulfonamides is 1. The van der Waals surface area contributed by atoms with Crippen molar-refractivity contribution in [1.82, 2.24) is 4.31 Å². The summed E-state index contributed by atoms with van der Waals surface area (Å²) in [6.45, 7) is 4.19. The highest BCUT2D eigenvalue weighted by molar-refractivity contribution is 7.89. The monoisotopic (exact) mass is 484 g/mol. The van der Waals surface area contributed by atoms with Crippen LogP contribution in [0.25, 0.3) is 0 Å². The fourth-order valence-corrected chi connectivity index (χ4v) is 4.84. The number of carbonyl (C=O) groups excluding carboxylic acids is 1. The Hall–Kier alpha value is -3.56. The standard InChI is InChI=1S/C25H28N2O6S/c1-5-27(6-2)34(29,30)20-13-15-23(33-18-10-8-7-9-11-18)22(17-20)26-25(28)21-14-12-19(31-3)16-24(21)32-4/h7-17H,5-6H2,1-4H3,(H,26,28). The van der Waals surface area contributed by atoms with Crippen LogP contribution in [0, 0.1) is 0 Å². The minimum Gasteiger partial charge on any atom is -0.497 e. The van der Waals surface area contributed by atoms with E-state index in [4.69, 9.17) is 14.2 Å². The van der Waals surface area contributed by atoms with E-state index in [1.54, 1.807) is 44.2 Å². The van der Waals surface area contributed by atoms with Gasteiger partial charge in [-0.2, -0.15) is 4.31 Å². The van der Waals surface area contributed by atoms with Gasteiger partial charge in [-0.3, -0.25) is 4.79 Å². The summed E-state index contributed by atoms with van der Waals surface area (Å²) in [5.41, 5.74) is 0.464. The van der Waals surface area contributed by atoms with Gasteiger partial charge in [0.1, 0.15) is 17.2 Å². The molecule has 9 heteroatoms. The number of benzene rings is 3. The maximum Gasteiger partial charge on any atom is 0.259 e. The SMILES string of the molecule is CCN(CC)S(=O)(=O)c1ccc(Oc2ccccc2)c(NC(=O)c2ccc(OC)cc2OC)c1. The fraction of sp³-hybridized carbons (Fsp3) is 0.240. The summed E-state index contributed by atoms with van der Waals surface area (Å²) < 4.78 is 44.0. The first kappa shape index (κ1) is 25.1. The Morgan fingerprint density at radius 1 is 0.853 bits per heavy atom. The number of rotatable bonds is 10. The van der Waals surface area contributed by atoms with Gasteiger partial charge in [-0.15, -0.1) is 0 Å². The molecular formula is C25H28N2O6S. The van der Waals surface area contributed by atoms with Gasteiger partial charge in [0.25, 0.3) is 5.91 Å². The zero-order valence-corrected chi connectivity index (χ0v) is 20.4. The van der Waals surface area contributed by atoms with E-state index in [2.05, 4.69) is 5.32 Å². The summed E-state index contributed by atoms with van der Waals surface area (Å²) in [6, 6.07) is 18.2. The van der Waals surface area contributed by atoms with Gasteiger partial charge in [0, 0.05) is 19.2 Å². The minimum absolute atomic E-state index is 0.0496. The van der Waals surface area contributed by atoms with E-state index in [-0.39, 0.29) is 16.1 Å². The first-order valence-corrected chi connectivity index (χ1v) is 12.2. The molecule has 0 saturated heterocycles. The van der Waals surface area contributed by atoms with Crippen LogP contribution in [0.2, 0.25) is 0 Å². The van der Waals surface area contributed by atoms with Crippen LogP contribution in [-0.2, 0) is 10.0 Å². The molecule has 3 aromatic rings. The van der Waals surface area contributed by atoms with Gasteiger partial charge in [0.15, 0.2) is 5.75 Å². The second-order valence-corrected chi connectivity index (χ2v) is 9.12. The number of para-hydroxylation sites is 1. The number of hydrogen-bond acceptors (Lipinski definition) is 6. The van der Waals surface area contributed by atoms with Crippen molar-refractivity contribution >= 4 is 21.6 Å². The molecule has 0 aliphatic carbocycles. The maximum absolute atomic E-state index is 13.2. The van der Waals surface area contributed by atoms with E-state index in [1.807, 2.05) is 18.2 Å². The molecule has 0 radical (unpaired) electrons. The van der Waals surface area contributed by atoms with Crippen molar-refractivity contribution in [3.05, 3.63) is 72.3 Å². The van der Waals surface area contributed by atoms with Crippen molar-refractivity contribution in [2.75, 3.05) is 32.6 Å². The molecule has 0 unspecified atom stereocenters. The third-order valence-electron chi connectivity index (χ3n) is 5.17. The summed E-state index contributed by atoms with van der Waals surface area (Å²) in [6.07, 6.45) is 0. The molecule has 0 aromatic heterocycles. The molecule has 1 N–H and O–H groups in total. The van der Waals surface area contributed by atoms with Crippen LogP contribution in [0.15, 0.2) is 71.6 Å². The second-order valence-electron chi connectivity index (χ2n) is 7.18. The number of anilines is 1. The van der Waals surface area contributed by atoms with Crippen molar-refractivity contribution in [1.29, 1.82) is 0 Å². The van der Waals surface area contributed by atoms with Crippen molar-refractivity contribution in [3.8, 4) is 23.0 Å². The van der Waals surface area contributed by atoms with Gasteiger partial charge in [-0.25, -0.2) is 8.42 Å². The van der Waals surface area contributed by atoms with E-state index >= 15 is 0 Å². The van der Waals surface area contributed by atoms with Gasteiger partial charge in [0.05, 0.1) is 30.4 Å². The first-order chi connectivity index (χ1) is 16.3. The Morgan fingerprint density at radius 3 is 2.18 bits per heavy atom. The Morgan fingerprint density at radius 2 is 1.56 bits per heavy atom. The molecule has 0 fully saturated rings. The number of methoxy groups -OCH3 is 2. The number of amides is 1. The molecule has 0 aliphatic rings. The van der Waals surface area contributed by atoms with Gasteiger partial charge < -0.3 is 19.5 Å². The zero-order chi connectivity index (χ0) is 24.7. The van der Waals surface area contributed by atoms with Crippen LogP contribution in [-0.4, -0.2) is 45.9 Å². The van der Waals surface area contributed by atoms with Crippen LogP contribution < -0.4 is 19.5 Å². The molecule has 0 heterocycles. The molecule has 0 bridgehead atoms. The van der Waals surface area contributed by atoms with Crippen molar-refractivity contribution in [2.24, 2.45) is 0 Å². The summed E-state index contributed by atoms with van der Waals surface area (Å²) in [5.74, 6) is 1.20. The Labute approximate surface area is 200 Å². The highest BCUT2D eigenvalue weighted by Gasteiger charge is 2.24. The Bertz CT molecular complexity index is 1240. The van der Waals surface area contributed by atoms with Gasteiger partial charge in [-0.1, -0.05) is 32.0 Å². The highest BCUT2D eigenvalue weighted by Crippen LogP contribution is 2.34. The first-order valence-electron chi connectivity index (χ1n) is 10.7. The van der Waals surface area contributed by atoms with E-state index in [0.717, 1.165) is 0 Å². The lowest BCUT2D eigenvalue weighted by molar-refractivity contribution is 0.102. The molecule has 3 aromatic carbocycles. The molecule has 34 heavy (non-hydrogen) atoms. The quantitative estimate of drug-likeness (QED) is 0.445. The van der Waals surface area contributed by atoms with Crippen LogP contribution in [0.1, 0.15) is 24.2 Å². The number of ether oxygens (including phenoxy) is 3. The van der Waals surface area contributed by atoms with Crippen LogP contribution >= 0.6 is 0 Å². The highest BCUT2D eigenvalue weighted by atomic mass is 32.2. The Balaban J connectivity index is 2.04.